The Kier molecular flexibility index (Phi) is 5.38. The van der Waals surface area contributed by atoms with Gasteiger partial charge in [-0.1, -0.05) is 60.7 Å². The zero-order valence-corrected chi connectivity index (χ0v) is 22.1. The maximum absolute atomic E-state index is 6.49. The molecule has 0 unspecified atom stereocenters. The van der Waals surface area contributed by atoms with Crippen LogP contribution in [0, 0.1) is 0 Å². The smallest absolute Gasteiger partial charge is 0.255 e. The van der Waals surface area contributed by atoms with Crippen molar-refractivity contribution in [2.24, 2.45) is 0 Å². The second-order valence-corrected chi connectivity index (χ2v) is 10.00. The van der Waals surface area contributed by atoms with E-state index in [-0.39, 0.29) is 0 Å². The van der Waals surface area contributed by atoms with Crippen molar-refractivity contribution in [1.82, 2.24) is 14.1 Å². The Labute approximate surface area is 236 Å². The number of pyridine rings is 1. The Morgan fingerprint density at radius 3 is 2.20 bits per heavy atom. The third-order valence-corrected chi connectivity index (χ3v) is 7.52. The molecular weight excluding hydrogens is 504 g/mol. The van der Waals surface area contributed by atoms with E-state index in [4.69, 9.17) is 4.74 Å². The molecule has 8 rings (SSSR count). The van der Waals surface area contributed by atoms with Crippen molar-refractivity contribution >= 4 is 32.8 Å². The first-order chi connectivity index (χ1) is 20.3. The van der Waals surface area contributed by atoms with Crippen LogP contribution < -0.4 is 9.30 Å². The zero-order chi connectivity index (χ0) is 27.2. The van der Waals surface area contributed by atoms with E-state index >= 15 is 0 Å². The van der Waals surface area contributed by atoms with Gasteiger partial charge in [-0.15, -0.1) is 0 Å². The van der Waals surface area contributed by atoms with Gasteiger partial charge < -0.3 is 4.74 Å². The third kappa shape index (κ3) is 3.95. The largest absolute Gasteiger partial charge is 0.457 e. The Morgan fingerprint density at radius 2 is 1.32 bits per heavy atom. The molecule has 0 atom stereocenters. The summed E-state index contributed by atoms with van der Waals surface area (Å²) in [5.41, 5.74) is 6.57. The second-order valence-electron chi connectivity index (χ2n) is 10.00. The number of hydrogen-bond acceptors (Lipinski definition) is 2. The lowest BCUT2D eigenvalue weighted by atomic mass is 10.1. The summed E-state index contributed by atoms with van der Waals surface area (Å²) in [7, 11) is 0. The van der Waals surface area contributed by atoms with Crippen LogP contribution in [0.25, 0.3) is 50.0 Å². The maximum atomic E-state index is 6.49. The average Bonchev–Trinajstić information content (AvgIpc) is 3.58. The van der Waals surface area contributed by atoms with E-state index < -0.39 is 0 Å². The fourth-order valence-corrected chi connectivity index (χ4v) is 5.69. The predicted octanol–water partition coefficient (Wildman–Crippen LogP) is 8.19. The summed E-state index contributed by atoms with van der Waals surface area (Å²) in [6.45, 7) is 0. The number of nitrogens with zero attached hydrogens (tertiary/aromatic N) is 4. The van der Waals surface area contributed by atoms with E-state index in [2.05, 4.69) is 122 Å². The van der Waals surface area contributed by atoms with Gasteiger partial charge in [0.1, 0.15) is 28.7 Å². The van der Waals surface area contributed by atoms with Gasteiger partial charge in [0.15, 0.2) is 11.0 Å². The highest BCUT2D eigenvalue weighted by atomic mass is 16.5. The molecule has 0 bridgehead atoms. The summed E-state index contributed by atoms with van der Waals surface area (Å²) in [6.07, 6.45) is 3.96. The molecule has 5 nitrogen and oxygen atoms in total. The summed E-state index contributed by atoms with van der Waals surface area (Å²) in [5.74, 6) is 2.42. The third-order valence-electron chi connectivity index (χ3n) is 7.52. The molecule has 0 N–H and O–H groups in total. The molecule has 0 fully saturated rings. The molecule has 8 aromatic rings. The number of imidazole rings is 1. The van der Waals surface area contributed by atoms with Gasteiger partial charge in [0, 0.05) is 29.1 Å². The van der Waals surface area contributed by atoms with Gasteiger partial charge >= 0.3 is 0 Å². The number of aromatic nitrogens is 4. The summed E-state index contributed by atoms with van der Waals surface area (Å²) >= 11 is 0. The Morgan fingerprint density at radius 1 is 0.561 bits per heavy atom. The van der Waals surface area contributed by atoms with Gasteiger partial charge in [-0.05, 0) is 66.7 Å². The minimum atomic E-state index is 0.770. The molecule has 0 aliphatic rings. The van der Waals surface area contributed by atoms with Crippen LogP contribution in [0.2, 0.25) is 0 Å². The van der Waals surface area contributed by atoms with Crippen LogP contribution in [0.4, 0.5) is 0 Å². The molecule has 3 heterocycles. The molecule has 0 saturated heterocycles. The highest BCUT2D eigenvalue weighted by molar-refractivity contribution is 6.09. The Hall–Kier alpha value is -5.68. The lowest BCUT2D eigenvalue weighted by Crippen LogP contribution is -2.28. The molecule has 0 aliphatic carbocycles. The number of rotatable bonds is 5. The molecule has 0 saturated carbocycles. The molecule has 5 heteroatoms. The quantitative estimate of drug-likeness (QED) is 0.211. The van der Waals surface area contributed by atoms with E-state index in [1.807, 2.05) is 48.7 Å². The average molecular weight is 530 g/mol. The van der Waals surface area contributed by atoms with Crippen molar-refractivity contribution in [3.05, 3.63) is 152 Å². The lowest BCUT2D eigenvalue weighted by molar-refractivity contribution is -0.567. The van der Waals surface area contributed by atoms with Crippen molar-refractivity contribution in [3.63, 3.8) is 0 Å². The molecule has 0 radical (unpaired) electrons. The van der Waals surface area contributed by atoms with Crippen LogP contribution in [0.15, 0.2) is 152 Å². The Bertz CT molecular complexity index is 2180. The van der Waals surface area contributed by atoms with E-state index in [1.165, 1.54) is 5.39 Å². The van der Waals surface area contributed by atoms with Gasteiger partial charge in [0.2, 0.25) is 0 Å². The highest BCUT2D eigenvalue weighted by Gasteiger charge is 2.19. The first-order valence-corrected chi connectivity index (χ1v) is 13.6. The summed E-state index contributed by atoms with van der Waals surface area (Å²) in [5, 5.41) is 2.35. The maximum Gasteiger partial charge on any atom is 0.255 e. The van der Waals surface area contributed by atoms with Crippen molar-refractivity contribution in [2.45, 2.75) is 0 Å². The van der Waals surface area contributed by atoms with Crippen LogP contribution >= 0.6 is 0 Å². The number of para-hydroxylation sites is 4. The Balaban J connectivity index is 1.21. The van der Waals surface area contributed by atoms with Gasteiger partial charge in [-0.25, -0.2) is 4.98 Å². The monoisotopic (exact) mass is 529 g/mol. The minimum absolute atomic E-state index is 0.770. The number of hydrogen-bond donors (Lipinski definition) is 0. The number of fused-ring (bicyclic) bond motifs is 4. The van der Waals surface area contributed by atoms with E-state index in [0.29, 0.717) is 0 Å². The van der Waals surface area contributed by atoms with Crippen LogP contribution in [0.1, 0.15) is 0 Å². The van der Waals surface area contributed by atoms with E-state index in [1.54, 1.807) is 0 Å². The van der Waals surface area contributed by atoms with Gasteiger partial charge in [-0.3, -0.25) is 4.57 Å². The predicted molar refractivity (Wildman–Crippen MR) is 163 cm³/mol. The van der Waals surface area contributed by atoms with Gasteiger partial charge in [-0.2, -0.15) is 9.13 Å². The highest BCUT2D eigenvalue weighted by Crippen LogP contribution is 2.35. The normalized spacial score (nSPS) is 11.4. The minimum Gasteiger partial charge on any atom is -0.457 e. The molecule has 0 amide bonds. The summed E-state index contributed by atoms with van der Waals surface area (Å²) in [6, 6.07) is 47.8. The van der Waals surface area contributed by atoms with Gasteiger partial charge in [0.25, 0.3) is 6.33 Å². The number of ether oxygens (including phenoxy) is 1. The molecule has 3 aromatic heterocycles. The van der Waals surface area contributed by atoms with Crippen molar-refractivity contribution in [2.75, 3.05) is 0 Å². The SMILES string of the molecule is c1ccc(-[n+]2cn(-c3cccc(Oc4ccc5c6ccccc6n(-c6ccccn6)c5c4)c3)c3ccccc32)cc1. The van der Waals surface area contributed by atoms with E-state index in [9.17, 15) is 0 Å². The summed E-state index contributed by atoms with van der Waals surface area (Å²) < 4.78 is 13.1. The lowest BCUT2D eigenvalue weighted by Gasteiger charge is -2.09. The van der Waals surface area contributed by atoms with Crippen LogP contribution in [-0.4, -0.2) is 14.1 Å². The summed E-state index contributed by atoms with van der Waals surface area (Å²) in [4.78, 5) is 4.65. The molecule has 0 aliphatic heterocycles. The van der Waals surface area contributed by atoms with Crippen LogP contribution in [0.3, 0.4) is 0 Å². The van der Waals surface area contributed by atoms with E-state index in [0.717, 1.165) is 56.1 Å². The zero-order valence-electron chi connectivity index (χ0n) is 22.1. The van der Waals surface area contributed by atoms with Gasteiger partial charge in [0.05, 0.1) is 11.0 Å². The molecule has 194 valence electrons. The van der Waals surface area contributed by atoms with Crippen molar-refractivity contribution in [1.29, 1.82) is 0 Å². The van der Waals surface area contributed by atoms with Crippen LogP contribution in [0.5, 0.6) is 11.5 Å². The fraction of sp³-hybridized carbons (Fsp3) is 0. The number of benzene rings is 5. The van der Waals surface area contributed by atoms with Crippen molar-refractivity contribution in [3.8, 4) is 28.7 Å². The molecule has 5 aromatic carbocycles. The molecule has 41 heavy (non-hydrogen) atoms. The first kappa shape index (κ1) is 23.2. The molecule has 0 spiro atoms. The second kappa shape index (κ2) is 9.50. The molecular formula is C36H25N4O+. The topological polar surface area (TPSA) is 35.9 Å². The van der Waals surface area contributed by atoms with Crippen molar-refractivity contribution < 1.29 is 9.30 Å². The standard InChI is InChI=1S/C36H25N4O/c1-2-11-26(12-3-1)38-25-39(34-18-7-6-17-33(34)38)27-13-10-14-28(23-27)41-29-20-21-31-30-15-4-5-16-32(30)40(35(31)24-29)36-19-8-9-22-37-36/h1-25H/q+1. The fourth-order valence-electron chi connectivity index (χ4n) is 5.69. The first-order valence-electron chi connectivity index (χ1n) is 13.6. The van der Waals surface area contributed by atoms with Crippen LogP contribution in [-0.2, 0) is 0 Å².